The van der Waals surface area contributed by atoms with Crippen molar-refractivity contribution in [3.63, 3.8) is 0 Å². The molecule has 112 valence electrons. The third-order valence-corrected chi connectivity index (χ3v) is 7.02. The van der Waals surface area contributed by atoms with Crippen LogP contribution in [0.1, 0.15) is 56.1 Å². The summed E-state index contributed by atoms with van der Waals surface area (Å²) in [6.07, 6.45) is 6.28. The van der Waals surface area contributed by atoms with Crippen molar-refractivity contribution in [3.8, 4) is 5.75 Å². The molecule has 4 rings (SSSR count). The topological polar surface area (TPSA) is 37.3 Å². The van der Waals surface area contributed by atoms with Crippen LogP contribution in [-0.4, -0.2) is 10.9 Å². The quantitative estimate of drug-likeness (QED) is 0.747. The van der Waals surface area contributed by atoms with Crippen LogP contribution in [0.5, 0.6) is 5.75 Å². The van der Waals surface area contributed by atoms with Crippen molar-refractivity contribution in [3.05, 3.63) is 23.3 Å². The van der Waals surface area contributed by atoms with Gasteiger partial charge in [0, 0.05) is 11.8 Å². The normalized spacial score (nSPS) is 37.8. The lowest BCUT2D eigenvalue weighted by atomic mass is 9.55. The van der Waals surface area contributed by atoms with Crippen LogP contribution in [0.2, 0.25) is 0 Å². The van der Waals surface area contributed by atoms with Crippen molar-refractivity contribution in [1.29, 1.82) is 0 Å². The van der Waals surface area contributed by atoms with E-state index in [2.05, 4.69) is 16.2 Å². The number of phenols is 1. The summed E-state index contributed by atoms with van der Waals surface area (Å²) in [5, 5.41) is 11.0. The Morgan fingerprint density at radius 3 is 2.86 bits per heavy atom. The van der Waals surface area contributed by atoms with Gasteiger partial charge in [-0.25, -0.2) is 0 Å². The van der Waals surface area contributed by atoms with Crippen LogP contribution in [0.25, 0.3) is 0 Å². The van der Waals surface area contributed by atoms with Crippen LogP contribution < -0.4 is 5.30 Å². The number of hydrogen-bond acceptors (Lipinski definition) is 2. The van der Waals surface area contributed by atoms with Gasteiger partial charge in [-0.3, -0.25) is 4.79 Å². The second kappa shape index (κ2) is 4.56. The zero-order valence-electron chi connectivity index (χ0n) is 12.6. The Balaban J connectivity index is 1.77. The van der Waals surface area contributed by atoms with Gasteiger partial charge in [-0.2, -0.15) is 0 Å². The van der Waals surface area contributed by atoms with Gasteiger partial charge in [0.15, 0.2) is 0 Å². The number of carbonyl (C=O) groups is 1. The highest BCUT2D eigenvalue weighted by Gasteiger charge is 2.54. The molecule has 5 atom stereocenters. The SMILES string of the molecule is C[C@]12CC[C@@H]3c4c(P)cc(O)cc4CC[C@H]3[C@@H]1CCC2=O. The molecule has 21 heavy (non-hydrogen) atoms. The second-order valence-corrected chi connectivity index (χ2v) is 8.06. The maximum absolute atomic E-state index is 12.3. The first-order chi connectivity index (χ1) is 10.0. The highest BCUT2D eigenvalue weighted by atomic mass is 31.0. The van der Waals surface area contributed by atoms with Gasteiger partial charge in [0.25, 0.3) is 0 Å². The standard InChI is InChI=1S/C18H23O2P/c1-18-7-6-13-12(14(18)4-5-16(18)20)3-2-10-8-11(19)9-15(21)17(10)13/h8-9,12-14,19H,2-7,21H2,1H3/t12-,13+,14+,18+/m1/s1. The summed E-state index contributed by atoms with van der Waals surface area (Å²) in [7, 11) is 2.81. The highest BCUT2D eigenvalue weighted by Crippen LogP contribution is 2.59. The second-order valence-electron chi connectivity index (χ2n) is 7.44. The Hall–Kier alpha value is -0.880. The van der Waals surface area contributed by atoms with E-state index in [4.69, 9.17) is 0 Å². The van der Waals surface area contributed by atoms with Crippen LogP contribution in [0.15, 0.2) is 12.1 Å². The number of Topliss-reactive ketones (excluding diaryl/α,β-unsaturated/α-hetero) is 1. The van der Waals surface area contributed by atoms with Gasteiger partial charge in [-0.1, -0.05) is 6.92 Å². The first kappa shape index (κ1) is 13.8. The maximum atomic E-state index is 12.3. The van der Waals surface area contributed by atoms with Gasteiger partial charge in [0.1, 0.15) is 11.5 Å². The molecule has 1 aromatic rings. The molecular formula is C18H23O2P. The van der Waals surface area contributed by atoms with Gasteiger partial charge in [-0.15, -0.1) is 9.24 Å². The summed E-state index contributed by atoms with van der Waals surface area (Å²) >= 11 is 0. The van der Waals surface area contributed by atoms with E-state index in [0.717, 1.165) is 37.4 Å². The van der Waals surface area contributed by atoms with E-state index in [-0.39, 0.29) is 5.41 Å². The molecule has 0 spiro atoms. The maximum Gasteiger partial charge on any atom is 0.139 e. The molecule has 1 aromatic carbocycles. The fourth-order valence-corrected chi connectivity index (χ4v) is 6.09. The van der Waals surface area contributed by atoms with E-state index >= 15 is 0 Å². The summed E-state index contributed by atoms with van der Waals surface area (Å²) in [6, 6.07) is 3.83. The van der Waals surface area contributed by atoms with E-state index in [1.165, 1.54) is 17.5 Å². The average molecular weight is 302 g/mol. The number of hydrogen-bond donors (Lipinski definition) is 1. The van der Waals surface area contributed by atoms with E-state index in [9.17, 15) is 9.90 Å². The summed E-state index contributed by atoms with van der Waals surface area (Å²) in [6.45, 7) is 2.22. The van der Waals surface area contributed by atoms with Crippen molar-refractivity contribution in [2.45, 2.75) is 51.4 Å². The number of aromatic hydroxyl groups is 1. The molecule has 3 heteroatoms. The van der Waals surface area contributed by atoms with Gasteiger partial charge < -0.3 is 5.11 Å². The third-order valence-electron chi connectivity index (χ3n) is 6.55. The molecule has 0 bridgehead atoms. The first-order valence-corrected chi connectivity index (χ1v) is 8.73. The molecule has 2 nitrogen and oxygen atoms in total. The van der Waals surface area contributed by atoms with Crippen LogP contribution in [0.3, 0.4) is 0 Å². The van der Waals surface area contributed by atoms with Gasteiger partial charge >= 0.3 is 0 Å². The highest BCUT2D eigenvalue weighted by molar-refractivity contribution is 7.27. The number of aryl methyl sites for hydroxylation is 1. The lowest BCUT2D eigenvalue weighted by molar-refractivity contribution is -0.129. The third kappa shape index (κ3) is 1.84. The van der Waals surface area contributed by atoms with Crippen LogP contribution >= 0.6 is 9.24 Å². The molecule has 3 aliphatic carbocycles. The summed E-state index contributed by atoms with van der Waals surface area (Å²) in [5.41, 5.74) is 2.74. The van der Waals surface area contributed by atoms with Crippen molar-refractivity contribution < 1.29 is 9.90 Å². The molecule has 0 saturated heterocycles. The van der Waals surface area contributed by atoms with E-state index in [0.29, 0.717) is 29.3 Å². The molecule has 0 heterocycles. The summed E-state index contributed by atoms with van der Waals surface area (Å²) in [5.74, 6) is 2.72. The monoisotopic (exact) mass is 302 g/mol. The zero-order valence-corrected chi connectivity index (χ0v) is 13.7. The lowest BCUT2D eigenvalue weighted by Crippen LogP contribution is -2.43. The Kier molecular flexibility index (Phi) is 2.99. The Morgan fingerprint density at radius 1 is 1.24 bits per heavy atom. The Morgan fingerprint density at radius 2 is 2.05 bits per heavy atom. The fourth-order valence-electron chi connectivity index (χ4n) is 5.52. The largest absolute Gasteiger partial charge is 0.508 e. The molecule has 1 N–H and O–H groups in total. The van der Waals surface area contributed by atoms with Gasteiger partial charge in [0.05, 0.1) is 0 Å². The van der Waals surface area contributed by atoms with Crippen LogP contribution in [-0.2, 0) is 11.2 Å². The number of carbonyl (C=O) groups excluding carboxylic acids is 1. The minimum absolute atomic E-state index is 0.0450. The molecule has 0 aliphatic heterocycles. The molecule has 0 radical (unpaired) electrons. The number of ketones is 1. The van der Waals surface area contributed by atoms with Crippen molar-refractivity contribution in [1.82, 2.24) is 0 Å². The van der Waals surface area contributed by atoms with Crippen LogP contribution in [0.4, 0.5) is 0 Å². The first-order valence-electron chi connectivity index (χ1n) is 8.15. The smallest absolute Gasteiger partial charge is 0.139 e. The zero-order chi connectivity index (χ0) is 14.8. The number of fused-ring (bicyclic) bond motifs is 5. The molecule has 0 amide bonds. The molecule has 1 unspecified atom stereocenters. The minimum atomic E-state index is -0.0450. The Labute approximate surface area is 128 Å². The van der Waals surface area contributed by atoms with Crippen molar-refractivity contribution in [2.75, 3.05) is 0 Å². The van der Waals surface area contributed by atoms with Crippen LogP contribution in [0, 0.1) is 17.3 Å². The predicted molar refractivity (Wildman–Crippen MR) is 87.1 cm³/mol. The molecular weight excluding hydrogens is 279 g/mol. The van der Waals surface area contributed by atoms with Crippen molar-refractivity contribution >= 4 is 20.3 Å². The molecule has 3 aliphatic rings. The van der Waals surface area contributed by atoms with Gasteiger partial charge in [0.2, 0.25) is 0 Å². The number of benzene rings is 1. The van der Waals surface area contributed by atoms with Crippen molar-refractivity contribution in [2.24, 2.45) is 17.3 Å². The number of phenolic OH excluding ortho intramolecular Hbond substituents is 1. The molecule has 2 fully saturated rings. The molecule has 2 saturated carbocycles. The van der Waals surface area contributed by atoms with E-state index < -0.39 is 0 Å². The van der Waals surface area contributed by atoms with Gasteiger partial charge in [-0.05, 0) is 78.4 Å². The average Bonchev–Trinajstić information content (AvgIpc) is 2.74. The minimum Gasteiger partial charge on any atom is -0.508 e. The summed E-state index contributed by atoms with van der Waals surface area (Å²) in [4.78, 5) is 12.3. The predicted octanol–water partition coefficient (Wildman–Crippen LogP) is 3.32. The number of rotatable bonds is 0. The fraction of sp³-hybridized carbons (Fsp3) is 0.611. The van der Waals surface area contributed by atoms with E-state index in [1.807, 2.05) is 12.1 Å². The lowest BCUT2D eigenvalue weighted by Gasteiger charge is -2.48. The van der Waals surface area contributed by atoms with E-state index in [1.54, 1.807) is 0 Å². The summed E-state index contributed by atoms with van der Waals surface area (Å²) < 4.78 is 0. The molecule has 0 aromatic heterocycles. The Bertz CT molecular complexity index is 624.